The third kappa shape index (κ3) is 3.49. The van der Waals surface area contributed by atoms with Crippen molar-refractivity contribution in [2.45, 2.75) is 52.4 Å². The topological polar surface area (TPSA) is 0 Å². The Bertz CT molecular complexity index is 318. The van der Waals surface area contributed by atoms with Gasteiger partial charge in [-0.05, 0) is 0 Å². The maximum atomic E-state index is 2.36. The summed E-state index contributed by atoms with van der Waals surface area (Å²) in [7, 11) is 0. The number of rotatable bonds is 0. The molecule has 0 bridgehead atoms. The van der Waals surface area contributed by atoms with E-state index in [1.807, 2.05) is 21.7 Å². The van der Waals surface area contributed by atoms with Gasteiger partial charge in [0.2, 0.25) is 0 Å². The quantitative estimate of drug-likeness (QED) is 0.581. The van der Waals surface area contributed by atoms with Gasteiger partial charge in [0.1, 0.15) is 0 Å². The van der Waals surface area contributed by atoms with Gasteiger partial charge in [-0.3, -0.25) is 0 Å². The molecule has 0 N–H and O–H groups in total. The minimum atomic E-state index is 0.247. The van der Waals surface area contributed by atoms with Crippen molar-refractivity contribution in [3.8, 4) is 0 Å². The fourth-order valence-corrected chi connectivity index (χ4v) is 2.00. The third-order valence-electron chi connectivity index (χ3n) is 2.72. The Kier molecular flexibility index (Phi) is 3.57. The van der Waals surface area contributed by atoms with Gasteiger partial charge in [-0.2, -0.15) is 0 Å². The Balaban J connectivity index is 3.30. The fraction of sp³-hybridized carbons (Fsp3) is 0.571. The predicted octanol–water partition coefficient (Wildman–Crippen LogP) is 3.08. The van der Waals surface area contributed by atoms with E-state index in [0.29, 0.717) is 0 Å². The molecule has 78 valence electrons. The predicted molar refractivity (Wildman–Crippen MR) is 69.2 cm³/mol. The summed E-state index contributed by atoms with van der Waals surface area (Å²) >= 11 is 1.98. The minimum absolute atomic E-state index is 0.247. The van der Waals surface area contributed by atoms with E-state index in [-0.39, 0.29) is 10.8 Å². The molecule has 0 amide bonds. The summed E-state index contributed by atoms with van der Waals surface area (Å²) < 4.78 is 1.40. The number of hydrogen-bond acceptors (Lipinski definition) is 0. The van der Waals surface area contributed by atoms with Gasteiger partial charge in [-0.25, -0.2) is 0 Å². The van der Waals surface area contributed by atoms with E-state index in [1.165, 1.54) is 14.8 Å². The summed E-state index contributed by atoms with van der Waals surface area (Å²) in [5, 5.41) is 0. The van der Waals surface area contributed by atoms with E-state index in [1.54, 1.807) is 0 Å². The normalized spacial score (nSPS) is 13.1. The molecule has 0 heterocycles. The molecule has 0 atom stereocenters. The molecule has 0 aliphatic heterocycles. The van der Waals surface area contributed by atoms with Gasteiger partial charge < -0.3 is 0 Å². The molecule has 1 rings (SSSR count). The maximum absolute atomic E-state index is 2.36. The summed E-state index contributed by atoms with van der Waals surface area (Å²) in [5.41, 5.74) is 3.38. The van der Waals surface area contributed by atoms with Gasteiger partial charge in [-0.1, -0.05) is 0 Å². The van der Waals surface area contributed by atoms with Crippen LogP contribution >= 0.6 is 0 Å². The second kappa shape index (κ2) is 4.10. The molecule has 15 heavy (non-hydrogen) atoms. The van der Waals surface area contributed by atoms with Crippen LogP contribution in [0.4, 0.5) is 0 Å². The van der Waals surface area contributed by atoms with E-state index in [0.717, 1.165) is 0 Å². The first-order valence-electron chi connectivity index (χ1n) is 5.59. The summed E-state index contributed by atoms with van der Waals surface area (Å²) in [5.74, 6) is 0. The first kappa shape index (κ1) is 13.1. The Labute approximate surface area is 107 Å². The molecule has 0 saturated heterocycles. The summed E-state index contributed by atoms with van der Waals surface area (Å²) in [6.45, 7) is 13.7. The van der Waals surface area contributed by atoms with Gasteiger partial charge in [0, 0.05) is 0 Å². The van der Waals surface area contributed by atoms with Crippen LogP contribution in [0.1, 0.15) is 52.7 Å². The van der Waals surface area contributed by atoms with E-state index >= 15 is 0 Å². The van der Waals surface area contributed by atoms with Crippen molar-refractivity contribution >= 4 is 25.4 Å². The van der Waals surface area contributed by atoms with Crippen molar-refractivity contribution in [1.82, 2.24) is 0 Å². The monoisotopic (exact) mass is 213 g/mol. The average molecular weight is 214 g/mol. The van der Waals surface area contributed by atoms with E-state index < -0.39 is 0 Å². The molecular formula is C14H21Mg+. The molecule has 1 aromatic carbocycles. The van der Waals surface area contributed by atoms with E-state index in [4.69, 9.17) is 0 Å². The van der Waals surface area contributed by atoms with Crippen molar-refractivity contribution in [1.29, 1.82) is 0 Å². The number of hydrogen-bond donors (Lipinski definition) is 0. The van der Waals surface area contributed by atoms with Gasteiger partial charge in [0.25, 0.3) is 0 Å². The van der Waals surface area contributed by atoms with Crippen LogP contribution in [0.15, 0.2) is 18.2 Å². The van der Waals surface area contributed by atoms with Crippen LogP contribution < -0.4 is 3.69 Å². The first-order chi connectivity index (χ1) is 6.60. The summed E-state index contributed by atoms with van der Waals surface area (Å²) in [6, 6.07) is 6.98. The molecular weight excluding hydrogens is 192 g/mol. The van der Waals surface area contributed by atoms with E-state index in [2.05, 4.69) is 59.7 Å². The average Bonchev–Trinajstić information content (AvgIpc) is 1.99. The SMILES string of the molecule is CC(C)(C)c1c[c]([Mg+])cc(C(C)(C)C)c1. The van der Waals surface area contributed by atoms with Crippen molar-refractivity contribution < 1.29 is 0 Å². The van der Waals surface area contributed by atoms with Gasteiger partial charge in [0.05, 0.1) is 0 Å². The molecule has 0 saturated carbocycles. The van der Waals surface area contributed by atoms with Crippen molar-refractivity contribution in [2.24, 2.45) is 0 Å². The van der Waals surface area contributed by atoms with Crippen LogP contribution in [0.2, 0.25) is 0 Å². The molecule has 1 aromatic rings. The van der Waals surface area contributed by atoms with Gasteiger partial charge in [-0.15, -0.1) is 0 Å². The Morgan fingerprint density at radius 3 is 1.33 bits per heavy atom. The third-order valence-corrected chi connectivity index (χ3v) is 3.13. The molecule has 0 radical (unpaired) electrons. The van der Waals surface area contributed by atoms with Crippen molar-refractivity contribution in [2.75, 3.05) is 0 Å². The van der Waals surface area contributed by atoms with Gasteiger partial charge >= 0.3 is 107 Å². The molecule has 1 heteroatoms. The van der Waals surface area contributed by atoms with Crippen LogP contribution in [0.5, 0.6) is 0 Å². The fourth-order valence-electron chi connectivity index (χ4n) is 1.56. The van der Waals surface area contributed by atoms with Crippen molar-refractivity contribution in [3.63, 3.8) is 0 Å². The summed E-state index contributed by atoms with van der Waals surface area (Å²) in [6.07, 6.45) is 0. The van der Waals surface area contributed by atoms with Crippen LogP contribution in [-0.2, 0) is 10.8 Å². The molecule has 0 aliphatic rings. The zero-order valence-electron chi connectivity index (χ0n) is 10.9. The van der Waals surface area contributed by atoms with Crippen LogP contribution in [0.3, 0.4) is 0 Å². The standard InChI is InChI=1S/C14H21.Mg/c1-13(2,3)11-8-7-9-12(10-11)14(4,5)6;/h8-10H,1-6H3;/q;+1. The Hall–Kier alpha value is -0.0138. The van der Waals surface area contributed by atoms with Crippen LogP contribution in [0, 0.1) is 0 Å². The van der Waals surface area contributed by atoms with Crippen LogP contribution in [-0.4, -0.2) is 21.7 Å². The zero-order valence-corrected chi connectivity index (χ0v) is 12.4. The molecule has 0 fully saturated rings. The Morgan fingerprint density at radius 1 is 0.733 bits per heavy atom. The van der Waals surface area contributed by atoms with Crippen molar-refractivity contribution in [3.05, 3.63) is 29.3 Å². The van der Waals surface area contributed by atoms with Crippen LogP contribution in [0.25, 0.3) is 0 Å². The molecule has 0 aliphatic carbocycles. The zero-order chi connectivity index (χ0) is 11.9. The molecule has 0 unspecified atom stereocenters. The summed E-state index contributed by atoms with van der Waals surface area (Å²) in [4.78, 5) is 0. The number of benzene rings is 1. The second-order valence-electron chi connectivity index (χ2n) is 6.42. The van der Waals surface area contributed by atoms with Gasteiger partial charge in [0.15, 0.2) is 0 Å². The molecule has 0 aromatic heterocycles. The Morgan fingerprint density at radius 2 is 1.07 bits per heavy atom. The second-order valence-corrected chi connectivity index (χ2v) is 7.24. The molecule has 0 spiro atoms. The molecule has 0 nitrogen and oxygen atoms in total. The van der Waals surface area contributed by atoms with E-state index in [9.17, 15) is 0 Å². The first-order valence-corrected chi connectivity index (χ1v) is 6.29.